The number of nitrogens with one attached hydrogen (secondary N) is 1. The highest BCUT2D eigenvalue weighted by atomic mass is 19.1. The second-order valence-electron chi connectivity index (χ2n) is 4.82. The number of carbonyl (C=O) groups excluding carboxylic acids is 3. The van der Waals surface area contributed by atoms with E-state index in [2.05, 4.69) is 10.1 Å². The Morgan fingerprint density at radius 1 is 0.960 bits per heavy atom. The van der Waals surface area contributed by atoms with Gasteiger partial charge in [-0.25, -0.2) is 18.4 Å². The molecule has 0 spiro atoms. The Labute approximate surface area is 141 Å². The zero-order valence-corrected chi connectivity index (χ0v) is 13.0. The van der Waals surface area contributed by atoms with Gasteiger partial charge in [-0.15, -0.1) is 0 Å². The molecule has 2 aromatic rings. The van der Waals surface area contributed by atoms with Crippen LogP contribution < -0.4 is 5.32 Å². The number of hydrogen-bond acceptors (Lipinski definition) is 5. The van der Waals surface area contributed by atoms with Gasteiger partial charge in [-0.3, -0.25) is 4.79 Å². The minimum Gasteiger partial charge on any atom is -0.465 e. The zero-order chi connectivity index (χ0) is 18.4. The first kappa shape index (κ1) is 18.1. The maximum atomic E-state index is 13.4. The normalized spacial score (nSPS) is 10.0. The molecule has 0 bridgehead atoms. The average molecular weight is 349 g/mol. The van der Waals surface area contributed by atoms with Crippen molar-refractivity contribution in [1.82, 2.24) is 0 Å². The number of rotatable bonds is 5. The van der Waals surface area contributed by atoms with E-state index in [1.807, 2.05) is 0 Å². The number of halogens is 2. The number of ether oxygens (including phenoxy) is 2. The number of anilines is 1. The van der Waals surface area contributed by atoms with Crippen LogP contribution in [-0.4, -0.2) is 31.6 Å². The van der Waals surface area contributed by atoms with Gasteiger partial charge in [0.15, 0.2) is 6.61 Å². The Morgan fingerprint density at radius 2 is 1.56 bits per heavy atom. The van der Waals surface area contributed by atoms with Gasteiger partial charge >= 0.3 is 11.9 Å². The molecule has 0 saturated carbocycles. The molecule has 25 heavy (non-hydrogen) atoms. The summed E-state index contributed by atoms with van der Waals surface area (Å²) < 4.78 is 35.7. The summed E-state index contributed by atoms with van der Waals surface area (Å²) in [4.78, 5) is 34.8. The van der Waals surface area contributed by atoms with Gasteiger partial charge in [-0.1, -0.05) is 0 Å². The van der Waals surface area contributed by atoms with Gasteiger partial charge in [0.25, 0.3) is 5.91 Å². The van der Waals surface area contributed by atoms with Crippen LogP contribution in [0.2, 0.25) is 0 Å². The molecule has 0 aliphatic carbocycles. The molecule has 1 amide bonds. The molecule has 2 rings (SSSR count). The van der Waals surface area contributed by atoms with Crippen molar-refractivity contribution in [1.29, 1.82) is 0 Å². The van der Waals surface area contributed by atoms with Crippen LogP contribution in [0.1, 0.15) is 20.7 Å². The van der Waals surface area contributed by atoms with Crippen LogP contribution in [0.15, 0.2) is 42.5 Å². The number of amides is 1. The van der Waals surface area contributed by atoms with Crippen molar-refractivity contribution in [2.24, 2.45) is 0 Å². The first-order valence-electron chi connectivity index (χ1n) is 7.01. The van der Waals surface area contributed by atoms with Gasteiger partial charge in [-0.05, 0) is 36.4 Å². The van der Waals surface area contributed by atoms with Crippen molar-refractivity contribution in [2.75, 3.05) is 19.0 Å². The van der Waals surface area contributed by atoms with Crippen LogP contribution in [0.5, 0.6) is 0 Å². The third-order valence-corrected chi connectivity index (χ3v) is 3.08. The predicted octanol–water partition coefficient (Wildman–Crippen LogP) is 2.55. The number of benzene rings is 2. The maximum Gasteiger partial charge on any atom is 0.338 e. The second-order valence-corrected chi connectivity index (χ2v) is 4.82. The molecule has 0 unspecified atom stereocenters. The Morgan fingerprint density at radius 3 is 2.16 bits per heavy atom. The summed E-state index contributed by atoms with van der Waals surface area (Å²) in [6.07, 6.45) is 0. The van der Waals surface area contributed by atoms with Crippen LogP contribution in [-0.2, 0) is 14.3 Å². The van der Waals surface area contributed by atoms with Crippen LogP contribution in [0.4, 0.5) is 14.5 Å². The highest BCUT2D eigenvalue weighted by molar-refractivity contribution is 5.96. The number of esters is 2. The van der Waals surface area contributed by atoms with Crippen molar-refractivity contribution < 1.29 is 32.6 Å². The highest BCUT2D eigenvalue weighted by Gasteiger charge is 2.13. The summed E-state index contributed by atoms with van der Waals surface area (Å²) in [6.45, 7) is -0.687. The van der Waals surface area contributed by atoms with Crippen LogP contribution in [0.25, 0.3) is 0 Å². The summed E-state index contributed by atoms with van der Waals surface area (Å²) in [5, 5.41) is 2.10. The molecule has 6 nitrogen and oxygen atoms in total. The summed E-state index contributed by atoms with van der Waals surface area (Å²) in [7, 11) is 1.23. The summed E-state index contributed by atoms with van der Waals surface area (Å²) in [5.41, 5.74) is -0.000702. The fourth-order valence-corrected chi connectivity index (χ4v) is 1.85. The molecule has 0 atom stereocenters. The van der Waals surface area contributed by atoms with Gasteiger partial charge < -0.3 is 14.8 Å². The van der Waals surface area contributed by atoms with Crippen molar-refractivity contribution in [3.63, 3.8) is 0 Å². The van der Waals surface area contributed by atoms with Crippen LogP contribution in [0, 0.1) is 11.6 Å². The van der Waals surface area contributed by atoms with Crippen molar-refractivity contribution in [2.45, 2.75) is 0 Å². The van der Waals surface area contributed by atoms with Crippen molar-refractivity contribution in [3.8, 4) is 0 Å². The molecule has 1 N–H and O–H groups in total. The lowest BCUT2D eigenvalue weighted by molar-refractivity contribution is -0.119. The van der Waals surface area contributed by atoms with E-state index in [0.717, 1.165) is 18.2 Å². The third-order valence-electron chi connectivity index (χ3n) is 3.08. The van der Waals surface area contributed by atoms with Gasteiger partial charge in [-0.2, -0.15) is 0 Å². The van der Waals surface area contributed by atoms with Crippen molar-refractivity contribution in [3.05, 3.63) is 65.2 Å². The van der Waals surface area contributed by atoms with Crippen molar-refractivity contribution >= 4 is 23.5 Å². The third kappa shape index (κ3) is 4.84. The van der Waals surface area contributed by atoms with E-state index in [4.69, 9.17) is 4.74 Å². The maximum absolute atomic E-state index is 13.4. The topological polar surface area (TPSA) is 81.7 Å². The SMILES string of the molecule is COC(=O)c1ccc(C(=O)OCC(=O)Nc2cc(F)ccc2F)cc1. The molecular weight excluding hydrogens is 336 g/mol. The highest BCUT2D eigenvalue weighted by Crippen LogP contribution is 2.15. The summed E-state index contributed by atoms with van der Waals surface area (Å²) in [5.74, 6) is -3.74. The van der Waals surface area contributed by atoms with Gasteiger partial charge in [0, 0.05) is 6.07 Å². The molecular formula is C17H13F2NO5. The van der Waals surface area contributed by atoms with E-state index < -0.39 is 36.1 Å². The minimum atomic E-state index is -0.830. The fraction of sp³-hybridized carbons (Fsp3) is 0.118. The smallest absolute Gasteiger partial charge is 0.338 e. The molecule has 0 saturated heterocycles. The van der Waals surface area contributed by atoms with Gasteiger partial charge in [0.1, 0.15) is 11.6 Å². The molecule has 8 heteroatoms. The Bertz CT molecular complexity index is 805. The predicted molar refractivity (Wildman–Crippen MR) is 83.1 cm³/mol. The largest absolute Gasteiger partial charge is 0.465 e. The molecule has 130 valence electrons. The van der Waals surface area contributed by atoms with E-state index in [9.17, 15) is 23.2 Å². The lowest BCUT2D eigenvalue weighted by Gasteiger charge is -2.08. The monoisotopic (exact) mass is 349 g/mol. The second kappa shape index (κ2) is 8.00. The van der Waals surface area contributed by atoms with E-state index in [-0.39, 0.29) is 16.8 Å². The molecule has 0 aliphatic rings. The molecule has 0 radical (unpaired) electrons. The molecule has 0 heterocycles. The van der Waals surface area contributed by atoms with Crippen LogP contribution in [0.3, 0.4) is 0 Å². The lowest BCUT2D eigenvalue weighted by atomic mass is 10.1. The average Bonchev–Trinajstić information content (AvgIpc) is 2.62. The number of hydrogen-bond donors (Lipinski definition) is 1. The standard InChI is InChI=1S/C17H13F2NO5/c1-24-16(22)10-2-4-11(5-3-10)17(23)25-9-15(21)20-14-8-12(18)6-7-13(14)19/h2-8H,9H2,1H3,(H,20,21). The molecule has 0 fully saturated rings. The quantitative estimate of drug-likeness (QED) is 0.839. The zero-order valence-electron chi connectivity index (χ0n) is 13.0. The van der Waals surface area contributed by atoms with Gasteiger partial charge in [0.05, 0.1) is 23.9 Å². The fourth-order valence-electron chi connectivity index (χ4n) is 1.85. The van der Waals surface area contributed by atoms with Gasteiger partial charge in [0.2, 0.25) is 0 Å². The summed E-state index contributed by atoms with van der Waals surface area (Å²) >= 11 is 0. The first-order chi connectivity index (χ1) is 11.9. The Hall–Kier alpha value is -3.29. The minimum absolute atomic E-state index is 0.109. The number of methoxy groups -OCH3 is 1. The Balaban J connectivity index is 1.92. The molecule has 2 aromatic carbocycles. The van der Waals surface area contributed by atoms with E-state index >= 15 is 0 Å². The first-order valence-corrected chi connectivity index (χ1v) is 7.01. The van der Waals surface area contributed by atoms with E-state index in [0.29, 0.717) is 0 Å². The van der Waals surface area contributed by atoms with E-state index in [1.54, 1.807) is 0 Å². The number of carbonyl (C=O) groups is 3. The van der Waals surface area contributed by atoms with Crippen LogP contribution >= 0.6 is 0 Å². The molecule has 0 aliphatic heterocycles. The molecule has 0 aromatic heterocycles. The Kier molecular flexibility index (Phi) is 5.78. The van der Waals surface area contributed by atoms with E-state index in [1.165, 1.54) is 31.4 Å². The summed E-state index contributed by atoms with van der Waals surface area (Å²) in [6, 6.07) is 7.97. The lowest BCUT2D eigenvalue weighted by Crippen LogP contribution is -2.21.